The molecule has 1 saturated carbocycles. The zero-order chi connectivity index (χ0) is 17.2. The highest BCUT2D eigenvalue weighted by Gasteiger charge is 2.41. The normalized spacial score (nSPS) is 32.7. The Morgan fingerprint density at radius 1 is 1.17 bits per heavy atom. The van der Waals surface area contributed by atoms with Gasteiger partial charge in [-0.2, -0.15) is 0 Å². The van der Waals surface area contributed by atoms with Crippen molar-refractivity contribution in [3.05, 3.63) is 29.8 Å². The predicted octanol–water partition coefficient (Wildman–Crippen LogP) is 3.51. The first-order valence-corrected chi connectivity index (χ1v) is 9.21. The topological polar surface area (TPSA) is 35.5 Å². The van der Waals surface area contributed by atoms with Gasteiger partial charge in [-0.3, -0.25) is 0 Å². The Labute approximate surface area is 145 Å². The number of hydrogen-bond donors (Lipinski definition) is 0. The molecule has 0 spiro atoms. The van der Waals surface area contributed by atoms with E-state index >= 15 is 0 Å². The van der Waals surface area contributed by atoms with E-state index in [9.17, 15) is 4.79 Å². The number of esters is 1. The fourth-order valence-corrected chi connectivity index (χ4v) is 4.36. The van der Waals surface area contributed by atoms with Gasteiger partial charge in [0.05, 0.1) is 39.4 Å². The number of likely N-dealkylation sites (tertiary alicyclic amines) is 1. The fourth-order valence-electron chi connectivity index (χ4n) is 4.36. The van der Waals surface area contributed by atoms with Gasteiger partial charge in [-0.1, -0.05) is 0 Å². The molecule has 0 amide bonds. The minimum absolute atomic E-state index is 0.0734. The Morgan fingerprint density at radius 3 is 2.58 bits per heavy atom. The van der Waals surface area contributed by atoms with E-state index in [0.29, 0.717) is 11.5 Å². The smallest absolute Gasteiger partial charge is 0.338 e. The molecule has 0 bridgehead atoms. The molecule has 1 aliphatic heterocycles. The number of carbonyl (C=O) groups excluding carboxylic acids is 1. The molecule has 1 aliphatic carbocycles. The van der Waals surface area contributed by atoms with E-state index in [1.165, 1.54) is 37.0 Å². The van der Waals surface area contributed by atoms with E-state index in [1.807, 2.05) is 0 Å². The summed E-state index contributed by atoms with van der Waals surface area (Å²) in [6.07, 6.45) is 4.65. The summed E-state index contributed by atoms with van der Waals surface area (Å²) in [5.74, 6) is 2.08. The average molecular weight is 332 g/mol. The molecule has 0 N–H and O–H groups in total. The van der Waals surface area contributed by atoms with Crippen LogP contribution in [0.1, 0.15) is 43.0 Å². The number of methoxy groups -OCH3 is 1. The highest BCUT2D eigenvalue weighted by Crippen LogP contribution is 2.39. The Kier molecular flexibility index (Phi) is 5.14. The molecule has 4 nitrogen and oxygen atoms in total. The minimum Gasteiger partial charge on any atom is -0.497 e. The van der Waals surface area contributed by atoms with Gasteiger partial charge in [0.25, 0.3) is 0 Å². The number of nitrogens with zero attached hydrogens (tertiary/aromatic N) is 1. The van der Waals surface area contributed by atoms with Crippen LogP contribution in [0, 0.1) is 11.8 Å². The van der Waals surface area contributed by atoms with Crippen LogP contribution in [0.15, 0.2) is 24.3 Å². The number of hydrogen-bond acceptors (Lipinski definition) is 3. The lowest BCUT2D eigenvalue weighted by molar-refractivity contribution is -0.917. The summed E-state index contributed by atoms with van der Waals surface area (Å²) in [7, 11) is 3.99. The van der Waals surface area contributed by atoms with Crippen LogP contribution in [0.2, 0.25) is 0 Å². The van der Waals surface area contributed by atoms with Crippen molar-refractivity contribution in [1.82, 2.24) is 0 Å². The molecule has 0 radical (unpaired) electrons. The third kappa shape index (κ3) is 3.75. The van der Waals surface area contributed by atoms with Crippen LogP contribution in [-0.4, -0.2) is 50.3 Å². The highest BCUT2D eigenvalue weighted by molar-refractivity contribution is 5.89. The van der Waals surface area contributed by atoms with E-state index in [2.05, 4.69) is 14.0 Å². The number of benzene rings is 1. The van der Waals surface area contributed by atoms with E-state index in [1.54, 1.807) is 31.4 Å². The monoisotopic (exact) mass is 332 g/mol. The second-order valence-corrected chi connectivity index (χ2v) is 7.72. The summed E-state index contributed by atoms with van der Waals surface area (Å²) >= 11 is 0. The standard InChI is InChI=1S/C20H30NO3/c1-4-21(2)12-11-15-5-10-19(13-17(15)14-21)24-20(22)16-6-8-18(23-3)9-7-16/h6-9,15,17,19H,4-5,10-14H2,1-3H3/q+1/t15-,17-,19-,21?/m0/s1. The van der Waals surface area contributed by atoms with Gasteiger partial charge in [-0.15, -0.1) is 0 Å². The number of carbonyl (C=O) groups is 1. The maximum atomic E-state index is 12.4. The first-order chi connectivity index (χ1) is 11.5. The van der Waals surface area contributed by atoms with Crippen LogP contribution < -0.4 is 4.74 Å². The molecule has 1 aromatic carbocycles. The van der Waals surface area contributed by atoms with Gasteiger partial charge in [0.2, 0.25) is 0 Å². The molecule has 2 aliphatic rings. The van der Waals surface area contributed by atoms with Gasteiger partial charge >= 0.3 is 5.97 Å². The van der Waals surface area contributed by atoms with Crippen LogP contribution >= 0.6 is 0 Å². The lowest BCUT2D eigenvalue weighted by atomic mass is 9.73. The van der Waals surface area contributed by atoms with Crippen molar-refractivity contribution < 1.29 is 18.8 Å². The Hall–Kier alpha value is -1.55. The quantitative estimate of drug-likeness (QED) is 0.625. The third-order valence-electron chi connectivity index (χ3n) is 6.17. The van der Waals surface area contributed by atoms with Crippen molar-refractivity contribution in [2.45, 2.75) is 38.7 Å². The maximum Gasteiger partial charge on any atom is 0.338 e. The number of piperidine rings is 1. The molecule has 1 aromatic rings. The van der Waals surface area contributed by atoms with Crippen molar-refractivity contribution in [3.63, 3.8) is 0 Å². The molecular formula is C20H30NO3+. The zero-order valence-electron chi connectivity index (χ0n) is 15.2. The maximum absolute atomic E-state index is 12.4. The van der Waals surface area contributed by atoms with Gasteiger partial charge in [0.15, 0.2) is 0 Å². The zero-order valence-corrected chi connectivity index (χ0v) is 15.2. The van der Waals surface area contributed by atoms with Crippen molar-refractivity contribution in [1.29, 1.82) is 0 Å². The fraction of sp³-hybridized carbons (Fsp3) is 0.650. The van der Waals surface area contributed by atoms with Crippen LogP contribution in [0.4, 0.5) is 0 Å². The van der Waals surface area contributed by atoms with Gasteiger partial charge in [0, 0.05) is 5.92 Å². The minimum atomic E-state index is -0.204. The van der Waals surface area contributed by atoms with Crippen molar-refractivity contribution in [2.24, 2.45) is 11.8 Å². The molecule has 1 heterocycles. The largest absolute Gasteiger partial charge is 0.497 e. The van der Waals surface area contributed by atoms with E-state index < -0.39 is 0 Å². The molecule has 3 rings (SSSR count). The summed E-state index contributed by atoms with van der Waals surface area (Å²) in [6, 6.07) is 7.16. The molecule has 4 atom stereocenters. The third-order valence-corrected chi connectivity index (χ3v) is 6.17. The summed E-state index contributed by atoms with van der Waals surface area (Å²) in [5, 5.41) is 0. The Bertz CT molecular complexity index is 571. The number of fused-ring (bicyclic) bond motifs is 1. The van der Waals surface area contributed by atoms with Gasteiger partial charge < -0.3 is 14.0 Å². The van der Waals surface area contributed by atoms with E-state index in [-0.39, 0.29) is 12.1 Å². The molecule has 2 fully saturated rings. The SMILES string of the molecule is CC[N+]1(C)CC[C@@H]2CC[C@H](OC(=O)c3ccc(OC)cc3)C[C@H]2C1. The first kappa shape index (κ1) is 17.3. The van der Waals surface area contributed by atoms with Gasteiger partial charge in [0.1, 0.15) is 11.9 Å². The van der Waals surface area contributed by atoms with Crippen LogP contribution in [-0.2, 0) is 4.74 Å². The molecule has 0 aromatic heterocycles. The highest BCUT2D eigenvalue weighted by atomic mass is 16.5. The summed E-state index contributed by atoms with van der Waals surface area (Å²) < 4.78 is 12.1. The van der Waals surface area contributed by atoms with E-state index in [0.717, 1.165) is 24.5 Å². The molecule has 4 heteroatoms. The molecule has 1 saturated heterocycles. The van der Waals surface area contributed by atoms with Gasteiger partial charge in [-0.25, -0.2) is 4.79 Å². The van der Waals surface area contributed by atoms with Crippen molar-refractivity contribution >= 4 is 5.97 Å². The Balaban J connectivity index is 1.58. The van der Waals surface area contributed by atoms with Crippen LogP contribution in [0.25, 0.3) is 0 Å². The van der Waals surface area contributed by atoms with E-state index in [4.69, 9.17) is 9.47 Å². The van der Waals surface area contributed by atoms with Crippen molar-refractivity contribution in [2.75, 3.05) is 33.8 Å². The predicted molar refractivity (Wildman–Crippen MR) is 94.1 cm³/mol. The Morgan fingerprint density at radius 2 is 1.92 bits per heavy atom. The van der Waals surface area contributed by atoms with Crippen LogP contribution in [0.3, 0.4) is 0 Å². The summed E-state index contributed by atoms with van der Waals surface area (Å²) in [5.41, 5.74) is 0.607. The molecule has 1 unspecified atom stereocenters. The van der Waals surface area contributed by atoms with Crippen LogP contribution in [0.5, 0.6) is 5.75 Å². The molecule has 132 valence electrons. The summed E-state index contributed by atoms with van der Waals surface area (Å²) in [6.45, 7) is 6.01. The first-order valence-electron chi connectivity index (χ1n) is 9.21. The number of quaternary nitrogens is 1. The molecule has 24 heavy (non-hydrogen) atoms. The lowest BCUT2D eigenvalue weighted by Gasteiger charge is -2.47. The second kappa shape index (κ2) is 7.14. The number of rotatable bonds is 4. The van der Waals surface area contributed by atoms with Gasteiger partial charge in [-0.05, 0) is 62.8 Å². The summed E-state index contributed by atoms with van der Waals surface area (Å²) in [4.78, 5) is 12.4. The average Bonchev–Trinajstić information content (AvgIpc) is 2.61. The lowest BCUT2D eigenvalue weighted by Crippen LogP contribution is -2.55. The molecular weight excluding hydrogens is 302 g/mol. The number of ether oxygens (including phenoxy) is 2. The second-order valence-electron chi connectivity index (χ2n) is 7.72. The van der Waals surface area contributed by atoms with Crippen molar-refractivity contribution in [3.8, 4) is 5.75 Å².